The Morgan fingerprint density at radius 3 is 2.45 bits per heavy atom. The number of benzene rings is 2. The van der Waals surface area contributed by atoms with Crippen molar-refractivity contribution in [1.82, 2.24) is 4.90 Å². The molecule has 1 spiro atoms. The van der Waals surface area contributed by atoms with Gasteiger partial charge in [-0.15, -0.1) is 0 Å². The lowest BCUT2D eigenvalue weighted by atomic mass is 9.74. The van der Waals surface area contributed by atoms with Gasteiger partial charge in [0.2, 0.25) is 5.91 Å². The van der Waals surface area contributed by atoms with Crippen LogP contribution in [0.15, 0.2) is 48.5 Å². The zero-order chi connectivity index (χ0) is 23.1. The molecule has 0 saturated carbocycles. The largest absolute Gasteiger partial charge is 0.439 e. The van der Waals surface area contributed by atoms with Crippen molar-refractivity contribution >= 4 is 17.7 Å². The van der Waals surface area contributed by atoms with E-state index in [4.69, 9.17) is 9.47 Å². The lowest BCUT2D eigenvalue weighted by molar-refractivity contribution is -0.147. The Hall–Kier alpha value is -3.00. The number of rotatable bonds is 4. The summed E-state index contributed by atoms with van der Waals surface area (Å²) in [6, 6.07) is 12.1. The Morgan fingerprint density at radius 1 is 0.970 bits per heavy atom. The smallest absolute Gasteiger partial charge is 0.415 e. The third-order valence-electron chi connectivity index (χ3n) is 7.05. The molecule has 2 amide bonds. The molecule has 0 N–H and O–H groups in total. The van der Waals surface area contributed by atoms with E-state index in [1.807, 2.05) is 0 Å². The molecule has 3 aliphatic rings. The number of hydrogen-bond donors (Lipinski definition) is 0. The molecule has 3 fully saturated rings. The summed E-state index contributed by atoms with van der Waals surface area (Å²) in [4.78, 5) is 29.6. The summed E-state index contributed by atoms with van der Waals surface area (Å²) < 4.78 is 38.3. The molecular weight excluding hydrogens is 430 g/mol. The van der Waals surface area contributed by atoms with Crippen molar-refractivity contribution in [2.75, 3.05) is 37.7 Å². The van der Waals surface area contributed by atoms with E-state index in [2.05, 4.69) is 0 Å². The number of halogens is 2. The number of anilines is 1. The first-order chi connectivity index (χ1) is 15.9. The minimum absolute atomic E-state index is 0.0206. The number of hydrogen-bond acceptors (Lipinski definition) is 4. The Balaban J connectivity index is 1.33. The van der Waals surface area contributed by atoms with Crippen molar-refractivity contribution in [2.45, 2.75) is 31.3 Å². The molecule has 2 aromatic carbocycles. The third-order valence-corrected chi connectivity index (χ3v) is 7.05. The van der Waals surface area contributed by atoms with Gasteiger partial charge in [0.15, 0.2) is 5.60 Å². The molecule has 1 unspecified atom stereocenters. The maximum atomic E-state index is 13.8. The predicted molar refractivity (Wildman–Crippen MR) is 117 cm³/mol. The summed E-state index contributed by atoms with van der Waals surface area (Å²) in [5.41, 5.74) is -0.0858. The van der Waals surface area contributed by atoms with Gasteiger partial charge in [0.05, 0.1) is 24.2 Å². The lowest BCUT2D eigenvalue weighted by Crippen LogP contribution is -2.49. The zero-order valence-corrected chi connectivity index (χ0v) is 18.3. The number of nitrogens with zero attached hydrogens (tertiary/aromatic N) is 2. The van der Waals surface area contributed by atoms with Crippen molar-refractivity contribution in [3.05, 3.63) is 65.7 Å². The zero-order valence-electron chi connectivity index (χ0n) is 18.3. The summed E-state index contributed by atoms with van der Waals surface area (Å²) in [5.74, 6) is -0.711. The van der Waals surface area contributed by atoms with Crippen LogP contribution in [0.2, 0.25) is 0 Å². The molecule has 174 valence electrons. The summed E-state index contributed by atoms with van der Waals surface area (Å²) in [7, 11) is 0. The molecule has 8 heteroatoms. The van der Waals surface area contributed by atoms with Crippen molar-refractivity contribution in [2.24, 2.45) is 5.41 Å². The van der Waals surface area contributed by atoms with Crippen LogP contribution < -0.4 is 4.90 Å². The van der Waals surface area contributed by atoms with Gasteiger partial charge in [-0.25, -0.2) is 13.6 Å². The minimum atomic E-state index is -0.804. The molecule has 1 atom stereocenters. The van der Waals surface area contributed by atoms with Gasteiger partial charge in [0, 0.05) is 26.2 Å². The maximum absolute atomic E-state index is 13.8. The van der Waals surface area contributed by atoms with Gasteiger partial charge in [-0.2, -0.15) is 0 Å². The topological polar surface area (TPSA) is 59.1 Å². The van der Waals surface area contributed by atoms with E-state index in [1.54, 1.807) is 29.2 Å². The van der Waals surface area contributed by atoms with Gasteiger partial charge in [0.25, 0.3) is 0 Å². The van der Waals surface area contributed by atoms with E-state index in [-0.39, 0.29) is 18.3 Å². The molecule has 3 aliphatic heterocycles. The summed E-state index contributed by atoms with van der Waals surface area (Å²) >= 11 is 0. The van der Waals surface area contributed by atoms with Gasteiger partial charge in [-0.1, -0.05) is 18.2 Å². The Morgan fingerprint density at radius 2 is 1.73 bits per heavy atom. The van der Waals surface area contributed by atoms with Crippen LogP contribution in [0.5, 0.6) is 0 Å². The average Bonchev–Trinajstić information content (AvgIpc) is 3.37. The number of carbonyl (C=O) groups excluding carboxylic acids is 2. The van der Waals surface area contributed by atoms with Crippen LogP contribution in [0.4, 0.5) is 19.3 Å². The third kappa shape index (κ3) is 4.19. The molecule has 6 nitrogen and oxygen atoms in total. The summed E-state index contributed by atoms with van der Waals surface area (Å²) in [6.07, 6.45) is 1.68. The molecule has 2 aromatic rings. The number of likely N-dealkylation sites (tertiary alicyclic amines) is 1. The van der Waals surface area contributed by atoms with Gasteiger partial charge in [-0.05, 0) is 55.2 Å². The van der Waals surface area contributed by atoms with Crippen molar-refractivity contribution in [1.29, 1.82) is 0 Å². The minimum Gasteiger partial charge on any atom is -0.439 e. The Kier molecular flexibility index (Phi) is 5.56. The van der Waals surface area contributed by atoms with Crippen LogP contribution in [0.3, 0.4) is 0 Å². The van der Waals surface area contributed by atoms with E-state index >= 15 is 0 Å². The van der Waals surface area contributed by atoms with Crippen LogP contribution in [-0.4, -0.2) is 55.3 Å². The summed E-state index contributed by atoms with van der Waals surface area (Å²) in [5, 5.41) is 0. The highest BCUT2D eigenvalue weighted by molar-refractivity contribution is 5.91. The quantitative estimate of drug-likeness (QED) is 0.700. The van der Waals surface area contributed by atoms with Crippen molar-refractivity contribution in [3.8, 4) is 0 Å². The number of amides is 2. The van der Waals surface area contributed by atoms with Crippen molar-refractivity contribution in [3.63, 3.8) is 0 Å². The maximum Gasteiger partial charge on any atom is 0.415 e. The molecule has 33 heavy (non-hydrogen) atoms. The second kappa shape index (κ2) is 8.41. The fourth-order valence-electron chi connectivity index (χ4n) is 5.25. The van der Waals surface area contributed by atoms with E-state index < -0.39 is 22.9 Å². The Labute approximate surface area is 191 Å². The standard InChI is InChI=1S/C25H26F2N2O4/c26-19-6-4-18(5-7-19)15-24(9-12-32-13-10-24)22(30)28-11-8-25(16-28)17-29(23(31)33-25)21-3-1-2-20(27)14-21/h1-7,14H,8-13,15-17H2. The first-order valence-electron chi connectivity index (χ1n) is 11.3. The van der Waals surface area contributed by atoms with Crippen LogP contribution in [0.1, 0.15) is 24.8 Å². The molecule has 0 aliphatic carbocycles. The van der Waals surface area contributed by atoms with Crippen LogP contribution in [-0.2, 0) is 20.7 Å². The van der Waals surface area contributed by atoms with Crippen LogP contribution in [0.25, 0.3) is 0 Å². The predicted octanol–water partition coefficient (Wildman–Crippen LogP) is 3.93. The van der Waals surface area contributed by atoms with Gasteiger partial charge < -0.3 is 14.4 Å². The number of carbonyl (C=O) groups is 2. The van der Waals surface area contributed by atoms with E-state index in [9.17, 15) is 18.4 Å². The number of ether oxygens (including phenoxy) is 2. The fourth-order valence-corrected chi connectivity index (χ4v) is 5.25. The fraction of sp³-hybridized carbons (Fsp3) is 0.440. The molecule has 0 bridgehead atoms. The van der Waals surface area contributed by atoms with E-state index in [0.717, 1.165) is 5.56 Å². The molecule has 3 saturated heterocycles. The molecule has 3 heterocycles. The Bertz CT molecular complexity index is 1050. The highest BCUT2D eigenvalue weighted by atomic mass is 19.1. The summed E-state index contributed by atoms with van der Waals surface area (Å²) in [6.45, 7) is 2.04. The molecular formula is C25H26F2N2O4. The van der Waals surface area contributed by atoms with Crippen LogP contribution >= 0.6 is 0 Å². The van der Waals surface area contributed by atoms with Crippen LogP contribution in [0, 0.1) is 17.0 Å². The molecule has 5 rings (SSSR count). The average molecular weight is 456 g/mol. The monoisotopic (exact) mass is 456 g/mol. The van der Waals surface area contributed by atoms with Crippen molar-refractivity contribution < 1.29 is 27.8 Å². The normalized spacial score (nSPS) is 24.4. The first kappa shape index (κ1) is 21.8. The lowest BCUT2D eigenvalue weighted by Gasteiger charge is -2.39. The van der Waals surface area contributed by atoms with Gasteiger partial charge in [0.1, 0.15) is 11.6 Å². The van der Waals surface area contributed by atoms with Gasteiger partial charge in [-0.3, -0.25) is 9.69 Å². The molecule has 0 radical (unpaired) electrons. The highest BCUT2D eigenvalue weighted by Crippen LogP contribution is 2.41. The van der Waals surface area contributed by atoms with Gasteiger partial charge >= 0.3 is 6.09 Å². The van der Waals surface area contributed by atoms with E-state index in [0.29, 0.717) is 57.7 Å². The SMILES string of the molecule is O=C1OC2(CCN(C(=O)C3(Cc4ccc(F)cc4)CCOCC3)C2)CN1c1cccc(F)c1. The molecule has 0 aromatic heterocycles. The second-order valence-electron chi connectivity index (χ2n) is 9.29. The first-order valence-corrected chi connectivity index (χ1v) is 11.3. The second-order valence-corrected chi connectivity index (χ2v) is 9.29. The highest BCUT2D eigenvalue weighted by Gasteiger charge is 2.53. The van der Waals surface area contributed by atoms with E-state index in [1.165, 1.54) is 29.2 Å².